The van der Waals surface area contributed by atoms with Gasteiger partial charge < -0.3 is 9.47 Å². The Morgan fingerprint density at radius 3 is 2.13 bits per heavy atom. The van der Waals surface area contributed by atoms with E-state index in [1.54, 1.807) is 6.92 Å². The van der Waals surface area contributed by atoms with Gasteiger partial charge in [0, 0.05) is 17.9 Å². The fourth-order valence-corrected chi connectivity index (χ4v) is 2.22. The van der Waals surface area contributed by atoms with Crippen molar-refractivity contribution in [1.82, 2.24) is 0 Å². The van der Waals surface area contributed by atoms with Crippen LogP contribution < -0.4 is 4.74 Å². The number of hydrogen-bond donors (Lipinski definition) is 0. The molecule has 0 bridgehead atoms. The first kappa shape index (κ1) is 25.9. The lowest BCUT2D eigenvalue weighted by Crippen LogP contribution is -2.59. The van der Waals surface area contributed by atoms with Gasteiger partial charge in [0.25, 0.3) is 0 Å². The monoisotopic (exact) mass is 470 g/mol. The maximum atomic E-state index is 13.3. The first-order valence-electron chi connectivity index (χ1n) is 8.16. The minimum atomic E-state index is -6.46. The second-order valence-corrected chi connectivity index (χ2v) is 6.54. The van der Waals surface area contributed by atoms with E-state index in [0.29, 0.717) is 10.6 Å². The first-order chi connectivity index (χ1) is 13.6. The van der Waals surface area contributed by atoms with Gasteiger partial charge in [-0.05, 0) is 37.1 Å². The van der Waals surface area contributed by atoms with Gasteiger partial charge in [-0.2, -0.15) is 26.3 Å². The Kier molecular flexibility index (Phi) is 8.47. The van der Waals surface area contributed by atoms with Gasteiger partial charge in [0.15, 0.2) is 6.61 Å². The molecule has 0 atom stereocenters. The highest BCUT2D eigenvalue weighted by Gasteiger charge is 2.75. The van der Waals surface area contributed by atoms with Crippen molar-refractivity contribution in [2.24, 2.45) is 0 Å². The maximum absolute atomic E-state index is 13.3. The first-order valence-corrected chi connectivity index (χ1v) is 8.53. The van der Waals surface area contributed by atoms with Gasteiger partial charge in [0.1, 0.15) is 5.75 Å². The van der Waals surface area contributed by atoms with E-state index in [2.05, 4.69) is 4.74 Å². The van der Waals surface area contributed by atoms with Crippen LogP contribution in [-0.4, -0.2) is 42.7 Å². The van der Waals surface area contributed by atoms with E-state index in [1.165, 1.54) is 18.2 Å². The van der Waals surface area contributed by atoms with Crippen LogP contribution in [0.5, 0.6) is 5.75 Å². The maximum Gasteiger partial charge on any atom is 0.381 e. The summed E-state index contributed by atoms with van der Waals surface area (Å²) in [5.41, 5.74) is 0.527. The lowest BCUT2D eigenvalue weighted by Gasteiger charge is -2.31. The van der Waals surface area contributed by atoms with Gasteiger partial charge in [-0.1, -0.05) is 11.6 Å². The molecule has 0 unspecified atom stereocenters. The summed E-state index contributed by atoms with van der Waals surface area (Å²) in [5.74, 6) is -20.7. The second kappa shape index (κ2) is 9.80. The minimum Gasteiger partial charge on any atom is -0.459 e. The molecular weight excluding hydrogens is 456 g/mol. The molecule has 0 N–H and O–H groups in total. The van der Waals surface area contributed by atoms with E-state index < -0.39 is 55.6 Å². The van der Waals surface area contributed by atoms with Gasteiger partial charge in [0.2, 0.25) is 0 Å². The van der Waals surface area contributed by atoms with Crippen molar-refractivity contribution in [1.29, 1.82) is 0 Å². The van der Waals surface area contributed by atoms with Gasteiger partial charge in [-0.25, -0.2) is 8.78 Å². The van der Waals surface area contributed by atoms with Crippen LogP contribution in [0, 0.1) is 6.92 Å². The molecule has 0 fully saturated rings. The fourth-order valence-electron chi connectivity index (χ4n) is 1.99. The molecule has 0 spiro atoms. The van der Waals surface area contributed by atoms with Crippen LogP contribution in [0.15, 0.2) is 18.2 Å². The van der Waals surface area contributed by atoms with Crippen LogP contribution >= 0.6 is 11.6 Å². The molecule has 0 aliphatic rings. The molecule has 0 radical (unpaired) electrons. The molecule has 1 rings (SSSR count). The Hall–Kier alpha value is -2.11. The predicted molar refractivity (Wildman–Crippen MR) is 87.5 cm³/mol. The van der Waals surface area contributed by atoms with Crippen molar-refractivity contribution >= 4 is 23.5 Å². The summed E-state index contributed by atoms with van der Waals surface area (Å²) in [4.78, 5) is 23.0. The van der Waals surface area contributed by atoms with Crippen LogP contribution in [0.2, 0.25) is 5.02 Å². The van der Waals surface area contributed by atoms with Gasteiger partial charge in [0.05, 0.1) is 0 Å². The summed E-state index contributed by atoms with van der Waals surface area (Å²) in [7, 11) is 0. The number of aryl methyl sites for hydroxylation is 1. The van der Waals surface area contributed by atoms with E-state index in [0.717, 1.165) is 0 Å². The quantitative estimate of drug-likeness (QED) is 0.260. The van der Waals surface area contributed by atoms with Crippen LogP contribution in [-0.2, 0) is 14.3 Å². The molecule has 0 aliphatic carbocycles. The number of carbonyl (C=O) groups excluding carboxylic acids is 2. The lowest BCUT2D eigenvalue weighted by atomic mass is 10.1. The van der Waals surface area contributed by atoms with Gasteiger partial charge in [-0.3, -0.25) is 9.59 Å². The number of halogens is 9. The average molecular weight is 471 g/mol. The SMILES string of the molecule is Cc1cc(Cl)ccc1OC(=O)CCCC(=O)OCC(F)(F)C(F)(F)C(F)(F)C(F)F. The Morgan fingerprint density at radius 1 is 1.03 bits per heavy atom. The molecule has 1 aromatic rings. The fraction of sp³-hybridized carbons (Fsp3) is 0.529. The Bertz CT molecular complexity index is 770. The molecule has 1 aromatic carbocycles. The van der Waals surface area contributed by atoms with Crippen LogP contribution in [0.1, 0.15) is 24.8 Å². The number of hydrogen-bond acceptors (Lipinski definition) is 4. The zero-order chi connectivity index (χ0) is 23.3. The summed E-state index contributed by atoms with van der Waals surface area (Å²) in [6.07, 6.45) is -6.49. The van der Waals surface area contributed by atoms with Crippen molar-refractivity contribution in [3.63, 3.8) is 0 Å². The number of carbonyl (C=O) groups is 2. The summed E-state index contributed by atoms with van der Waals surface area (Å²) in [6, 6.07) is 4.36. The molecule has 0 heterocycles. The number of benzene rings is 1. The predicted octanol–water partition coefficient (Wildman–Crippen LogP) is 5.44. The molecule has 0 saturated heterocycles. The molecule has 13 heteroatoms. The van der Waals surface area contributed by atoms with Crippen molar-refractivity contribution in [3.8, 4) is 5.75 Å². The third kappa shape index (κ3) is 6.19. The Balaban J connectivity index is 2.50. The highest BCUT2D eigenvalue weighted by Crippen LogP contribution is 2.48. The number of alkyl halides is 8. The van der Waals surface area contributed by atoms with Crippen molar-refractivity contribution in [2.75, 3.05) is 6.61 Å². The number of rotatable bonds is 10. The second-order valence-electron chi connectivity index (χ2n) is 6.10. The largest absolute Gasteiger partial charge is 0.459 e. The van der Waals surface area contributed by atoms with Crippen LogP contribution in [0.4, 0.5) is 35.1 Å². The standard InChI is InChI=1S/C17H15ClF8O4/c1-9-7-10(18)5-6-11(9)30-13(28)4-2-3-12(27)29-8-15(21,22)17(25,26)16(23,24)14(19)20/h5-7,14H,2-4,8H2,1H3. The van der Waals surface area contributed by atoms with Crippen molar-refractivity contribution < 1.29 is 54.2 Å². The third-order valence-electron chi connectivity index (χ3n) is 3.69. The molecule has 0 amide bonds. The Morgan fingerprint density at radius 2 is 1.60 bits per heavy atom. The molecule has 4 nitrogen and oxygen atoms in total. The molecule has 30 heavy (non-hydrogen) atoms. The molecular formula is C17H15ClF8O4. The number of ether oxygens (including phenoxy) is 2. The van der Waals surface area contributed by atoms with Gasteiger partial charge in [-0.15, -0.1) is 0 Å². The minimum absolute atomic E-state index is 0.175. The van der Waals surface area contributed by atoms with Gasteiger partial charge >= 0.3 is 36.1 Å². The van der Waals surface area contributed by atoms with Crippen molar-refractivity contribution in [3.05, 3.63) is 28.8 Å². The van der Waals surface area contributed by atoms with E-state index >= 15 is 0 Å². The highest BCUT2D eigenvalue weighted by molar-refractivity contribution is 6.30. The summed E-state index contributed by atoms with van der Waals surface area (Å²) in [6.45, 7) is -0.949. The molecule has 170 valence electrons. The van der Waals surface area contributed by atoms with Crippen LogP contribution in [0.3, 0.4) is 0 Å². The smallest absolute Gasteiger partial charge is 0.381 e. The van der Waals surface area contributed by atoms with E-state index in [1.807, 2.05) is 0 Å². The van der Waals surface area contributed by atoms with Crippen molar-refractivity contribution in [2.45, 2.75) is 50.4 Å². The molecule has 0 saturated carbocycles. The lowest BCUT2D eigenvalue weighted by molar-refractivity contribution is -0.344. The summed E-state index contributed by atoms with van der Waals surface area (Å²) < 4.78 is 111. The van der Waals surface area contributed by atoms with E-state index in [-0.39, 0.29) is 12.2 Å². The molecule has 0 aromatic heterocycles. The Labute approximate surface area is 170 Å². The van der Waals surface area contributed by atoms with E-state index in [9.17, 15) is 44.7 Å². The van der Waals surface area contributed by atoms with E-state index in [4.69, 9.17) is 16.3 Å². The highest BCUT2D eigenvalue weighted by atomic mass is 35.5. The third-order valence-corrected chi connectivity index (χ3v) is 3.92. The summed E-state index contributed by atoms with van der Waals surface area (Å²) in [5, 5.41) is 0.392. The average Bonchev–Trinajstić information content (AvgIpc) is 2.62. The number of esters is 2. The van der Waals surface area contributed by atoms with Crippen LogP contribution in [0.25, 0.3) is 0 Å². The zero-order valence-corrected chi connectivity index (χ0v) is 15.9. The summed E-state index contributed by atoms with van der Waals surface area (Å²) >= 11 is 5.73. The molecule has 0 aliphatic heterocycles. The zero-order valence-electron chi connectivity index (χ0n) is 15.2. The topological polar surface area (TPSA) is 52.6 Å². The normalized spacial score (nSPS) is 12.8.